The molecule has 0 aliphatic rings. The Labute approximate surface area is 114 Å². The first-order chi connectivity index (χ1) is 9.45. The summed E-state index contributed by atoms with van der Waals surface area (Å²) >= 11 is 0. The Morgan fingerprint density at radius 3 is 2.45 bits per heavy atom. The van der Waals surface area contributed by atoms with Crippen LogP contribution in [0, 0.1) is 24.4 Å². The van der Waals surface area contributed by atoms with Crippen LogP contribution in [0.5, 0.6) is 5.75 Å². The van der Waals surface area contributed by atoms with Crippen LogP contribution in [0.2, 0.25) is 0 Å². The van der Waals surface area contributed by atoms with E-state index in [1.165, 1.54) is 26.2 Å². The van der Waals surface area contributed by atoms with Crippen LogP contribution in [0.25, 0.3) is 0 Å². The van der Waals surface area contributed by atoms with Crippen molar-refractivity contribution in [3.63, 3.8) is 0 Å². The molecule has 0 bridgehead atoms. The van der Waals surface area contributed by atoms with Gasteiger partial charge in [0.2, 0.25) is 0 Å². The van der Waals surface area contributed by atoms with E-state index < -0.39 is 29.1 Å². The number of aliphatic hydroxyl groups excluding tert-OH is 1. The Bertz CT molecular complexity index is 641. The van der Waals surface area contributed by atoms with Crippen LogP contribution in [0.3, 0.4) is 0 Å². The number of ether oxygens (including phenoxy) is 1. The second kappa shape index (κ2) is 5.54. The highest BCUT2D eigenvalue weighted by atomic mass is 19.1. The molecular formula is C15H13F3O2. The van der Waals surface area contributed by atoms with E-state index in [9.17, 15) is 18.3 Å². The van der Waals surface area contributed by atoms with Crippen LogP contribution in [0.15, 0.2) is 30.3 Å². The summed E-state index contributed by atoms with van der Waals surface area (Å²) in [5.74, 6) is -2.23. The topological polar surface area (TPSA) is 29.5 Å². The van der Waals surface area contributed by atoms with Crippen LogP contribution >= 0.6 is 0 Å². The summed E-state index contributed by atoms with van der Waals surface area (Å²) in [6, 6.07) is 5.74. The molecule has 20 heavy (non-hydrogen) atoms. The van der Waals surface area contributed by atoms with Gasteiger partial charge in [0, 0.05) is 5.56 Å². The van der Waals surface area contributed by atoms with Crippen LogP contribution in [-0.4, -0.2) is 12.2 Å². The first-order valence-electron chi connectivity index (χ1n) is 5.91. The maximum Gasteiger partial charge on any atom is 0.135 e. The Morgan fingerprint density at radius 2 is 1.80 bits per heavy atom. The Hall–Kier alpha value is -2.01. The molecule has 5 heteroatoms. The van der Waals surface area contributed by atoms with Crippen molar-refractivity contribution in [2.75, 3.05) is 7.11 Å². The van der Waals surface area contributed by atoms with Crippen LogP contribution < -0.4 is 4.74 Å². The molecule has 0 aliphatic carbocycles. The average molecular weight is 282 g/mol. The summed E-state index contributed by atoms with van der Waals surface area (Å²) in [5, 5.41) is 10.2. The predicted octanol–water partition coefficient (Wildman–Crippen LogP) is 3.50. The van der Waals surface area contributed by atoms with Gasteiger partial charge in [0.1, 0.15) is 29.3 Å². The third-order valence-corrected chi connectivity index (χ3v) is 3.08. The molecule has 2 nitrogen and oxygen atoms in total. The second-order valence-corrected chi connectivity index (χ2v) is 4.38. The quantitative estimate of drug-likeness (QED) is 0.933. The third kappa shape index (κ3) is 2.49. The summed E-state index contributed by atoms with van der Waals surface area (Å²) in [6.07, 6.45) is -1.65. The molecule has 1 atom stereocenters. The lowest BCUT2D eigenvalue weighted by Crippen LogP contribution is -2.09. The molecular weight excluding hydrogens is 269 g/mol. The number of benzene rings is 2. The molecule has 0 radical (unpaired) electrons. The van der Waals surface area contributed by atoms with Gasteiger partial charge < -0.3 is 9.84 Å². The maximum absolute atomic E-state index is 14.0. The molecule has 1 N–H and O–H groups in total. The van der Waals surface area contributed by atoms with Crippen molar-refractivity contribution >= 4 is 0 Å². The number of methoxy groups -OCH3 is 1. The van der Waals surface area contributed by atoms with Gasteiger partial charge in [-0.3, -0.25) is 0 Å². The smallest absolute Gasteiger partial charge is 0.135 e. The van der Waals surface area contributed by atoms with Gasteiger partial charge in [0.15, 0.2) is 0 Å². The lowest BCUT2D eigenvalue weighted by atomic mass is 9.97. The summed E-state index contributed by atoms with van der Waals surface area (Å²) in [4.78, 5) is 0. The minimum absolute atomic E-state index is 0.0316. The predicted molar refractivity (Wildman–Crippen MR) is 68.1 cm³/mol. The minimum atomic E-state index is -1.65. The monoisotopic (exact) mass is 282 g/mol. The van der Waals surface area contributed by atoms with Gasteiger partial charge in [0.25, 0.3) is 0 Å². The number of hydrogen-bond acceptors (Lipinski definition) is 2. The maximum atomic E-state index is 14.0. The zero-order valence-corrected chi connectivity index (χ0v) is 11.0. The summed E-state index contributed by atoms with van der Waals surface area (Å²) in [7, 11) is 1.33. The number of rotatable bonds is 3. The van der Waals surface area contributed by atoms with Crippen molar-refractivity contribution in [1.29, 1.82) is 0 Å². The van der Waals surface area contributed by atoms with Gasteiger partial charge in [-0.15, -0.1) is 0 Å². The molecule has 0 saturated carbocycles. The van der Waals surface area contributed by atoms with E-state index >= 15 is 0 Å². The van der Waals surface area contributed by atoms with Crippen LogP contribution in [0.4, 0.5) is 13.2 Å². The molecule has 2 rings (SSSR count). The van der Waals surface area contributed by atoms with Crippen molar-refractivity contribution in [3.05, 3.63) is 64.5 Å². The molecule has 0 saturated heterocycles. The zero-order chi connectivity index (χ0) is 14.9. The highest BCUT2D eigenvalue weighted by Gasteiger charge is 2.24. The van der Waals surface area contributed by atoms with Gasteiger partial charge in [-0.1, -0.05) is 6.07 Å². The fourth-order valence-electron chi connectivity index (χ4n) is 2.00. The fraction of sp³-hybridized carbons (Fsp3) is 0.200. The number of aryl methyl sites for hydroxylation is 1. The van der Waals surface area contributed by atoms with E-state index in [2.05, 4.69) is 0 Å². The molecule has 0 heterocycles. The Morgan fingerprint density at radius 1 is 1.10 bits per heavy atom. The van der Waals surface area contributed by atoms with E-state index in [-0.39, 0.29) is 16.9 Å². The van der Waals surface area contributed by atoms with Crippen molar-refractivity contribution < 1.29 is 23.0 Å². The first-order valence-corrected chi connectivity index (χ1v) is 5.91. The van der Waals surface area contributed by atoms with E-state index in [0.717, 1.165) is 18.2 Å². The number of hydrogen-bond donors (Lipinski definition) is 1. The number of halogens is 3. The third-order valence-electron chi connectivity index (χ3n) is 3.08. The molecule has 2 aromatic carbocycles. The van der Waals surface area contributed by atoms with Crippen LogP contribution in [0.1, 0.15) is 22.8 Å². The minimum Gasteiger partial charge on any atom is -0.496 e. The SMILES string of the molecule is COc1ccc(F)cc1C(O)c1c(F)ccc(C)c1F. The molecule has 106 valence electrons. The highest BCUT2D eigenvalue weighted by molar-refractivity contribution is 5.42. The largest absolute Gasteiger partial charge is 0.496 e. The summed E-state index contributed by atoms with van der Waals surface area (Å²) in [6.45, 7) is 1.45. The van der Waals surface area contributed by atoms with Crippen molar-refractivity contribution in [1.82, 2.24) is 0 Å². The lowest BCUT2D eigenvalue weighted by molar-refractivity contribution is 0.203. The first kappa shape index (κ1) is 14.4. The molecule has 2 aromatic rings. The average Bonchev–Trinajstić information content (AvgIpc) is 2.43. The fourth-order valence-corrected chi connectivity index (χ4v) is 2.00. The second-order valence-electron chi connectivity index (χ2n) is 4.38. The lowest BCUT2D eigenvalue weighted by Gasteiger charge is -2.17. The normalized spacial score (nSPS) is 12.3. The van der Waals surface area contributed by atoms with E-state index in [4.69, 9.17) is 4.74 Å². The molecule has 1 unspecified atom stereocenters. The standard InChI is InChI=1S/C15H13F3O2/c1-8-3-5-11(17)13(14(8)18)15(19)10-7-9(16)4-6-12(10)20-2/h3-7,15,19H,1-2H3. The van der Waals surface area contributed by atoms with E-state index in [1.54, 1.807) is 0 Å². The highest BCUT2D eigenvalue weighted by Crippen LogP contribution is 2.33. The van der Waals surface area contributed by atoms with Gasteiger partial charge in [-0.05, 0) is 36.8 Å². The molecule has 0 aliphatic heterocycles. The summed E-state index contributed by atoms with van der Waals surface area (Å²) in [5.41, 5.74) is -0.361. The van der Waals surface area contributed by atoms with Crippen molar-refractivity contribution in [2.45, 2.75) is 13.0 Å². The van der Waals surface area contributed by atoms with Gasteiger partial charge in [-0.25, -0.2) is 13.2 Å². The number of aliphatic hydroxyl groups is 1. The van der Waals surface area contributed by atoms with E-state index in [1.807, 2.05) is 0 Å². The summed E-state index contributed by atoms with van der Waals surface area (Å²) < 4.78 is 46.0. The van der Waals surface area contributed by atoms with Crippen LogP contribution in [-0.2, 0) is 0 Å². The van der Waals surface area contributed by atoms with Gasteiger partial charge in [-0.2, -0.15) is 0 Å². The Balaban J connectivity index is 2.60. The molecule has 0 fully saturated rings. The van der Waals surface area contributed by atoms with E-state index in [0.29, 0.717) is 0 Å². The van der Waals surface area contributed by atoms with Crippen molar-refractivity contribution in [2.24, 2.45) is 0 Å². The Kier molecular flexibility index (Phi) is 3.99. The molecule has 0 aromatic heterocycles. The molecule has 0 amide bonds. The zero-order valence-electron chi connectivity index (χ0n) is 11.0. The van der Waals surface area contributed by atoms with Crippen molar-refractivity contribution in [3.8, 4) is 5.75 Å². The van der Waals surface area contributed by atoms with Gasteiger partial charge >= 0.3 is 0 Å². The molecule has 0 spiro atoms. The van der Waals surface area contributed by atoms with Gasteiger partial charge in [0.05, 0.1) is 12.7 Å².